The van der Waals surface area contributed by atoms with Crippen LogP contribution in [-0.2, 0) is 4.74 Å². The number of halogens is 4. The Labute approximate surface area is 89.3 Å². The van der Waals surface area contributed by atoms with Gasteiger partial charge in [-0.15, -0.1) is 0 Å². The zero-order valence-electron chi connectivity index (χ0n) is 7.73. The Balaban J connectivity index is 2.93. The molecule has 1 N–H and O–H groups in total. The van der Waals surface area contributed by atoms with Gasteiger partial charge in [-0.05, 0) is 13.0 Å². The molecule has 15 heavy (non-hydrogen) atoms. The standard InChI is InChI=1S/C8H8ClF3N2O/c1-2-15-7-13-4-5(9)3-6(14-7)8(10,11)12/h3-4H,2H2,1H3,(H,13,14). The molecule has 0 amide bonds. The van der Waals surface area contributed by atoms with E-state index in [1.165, 1.54) is 0 Å². The first-order valence-corrected chi connectivity index (χ1v) is 4.43. The van der Waals surface area contributed by atoms with E-state index < -0.39 is 11.9 Å². The van der Waals surface area contributed by atoms with Crippen molar-refractivity contribution in [3.63, 3.8) is 0 Å². The van der Waals surface area contributed by atoms with Crippen molar-refractivity contribution in [3.8, 4) is 0 Å². The molecule has 0 spiro atoms. The van der Waals surface area contributed by atoms with Gasteiger partial charge in [0.05, 0.1) is 17.8 Å². The number of ether oxygens (including phenoxy) is 1. The van der Waals surface area contributed by atoms with Gasteiger partial charge >= 0.3 is 6.18 Å². The number of hydrogen-bond acceptors (Lipinski definition) is 3. The van der Waals surface area contributed by atoms with Crippen LogP contribution in [0.25, 0.3) is 0 Å². The molecule has 0 atom stereocenters. The van der Waals surface area contributed by atoms with Crippen molar-refractivity contribution in [2.24, 2.45) is 4.99 Å². The minimum atomic E-state index is -4.52. The first-order chi connectivity index (χ1) is 6.93. The molecular formula is C8H8ClF3N2O. The Kier molecular flexibility index (Phi) is 3.62. The summed E-state index contributed by atoms with van der Waals surface area (Å²) in [6.07, 6.45) is -2.69. The summed E-state index contributed by atoms with van der Waals surface area (Å²) in [6.45, 7) is 1.85. The van der Waals surface area contributed by atoms with E-state index in [-0.39, 0.29) is 17.7 Å². The van der Waals surface area contributed by atoms with E-state index >= 15 is 0 Å². The molecular weight excluding hydrogens is 233 g/mol. The molecule has 0 aromatic rings. The van der Waals surface area contributed by atoms with Crippen LogP contribution in [0.1, 0.15) is 6.92 Å². The van der Waals surface area contributed by atoms with Crippen LogP contribution < -0.4 is 5.32 Å². The van der Waals surface area contributed by atoms with Crippen molar-refractivity contribution in [3.05, 3.63) is 23.0 Å². The summed E-state index contributed by atoms with van der Waals surface area (Å²) < 4.78 is 42.0. The fraction of sp³-hybridized carbons (Fsp3) is 0.375. The van der Waals surface area contributed by atoms with Crippen LogP contribution in [0.4, 0.5) is 13.2 Å². The van der Waals surface area contributed by atoms with Gasteiger partial charge in [0.2, 0.25) is 0 Å². The summed E-state index contributed by atoms with van der Waals surface area (Å²) in [5.41, 5.74) is -1.01. The van der Waals surface area contributed by atoms with E-state index in [1.807, 2.05) is 5.32 Å². The van der Waals surface area contributed by atoms with Gasteiger partial charge in [-0.3, -0.25) is 0 Å². The van der Waals surface area contributed by atoms with Crippen LogP contribution in [0.3, 0.4) is 0 Å². The molecule has 7 heteroatoms. The van der Waals surface area contributed by atoms with Crippen LogP contribution in [0.15, 0.2) is 28.0 Å². The van der Waals surface area contributed by atoms with Gasteiger partial charge in [0, 0.05) is 0 Å². The molecule has 0 saturated heterocycles. The topological polar surface area (TPSA) is 33.6 Å². The van der Waals surface area contributed by atoms with Gasteiger partial charge in [0.15, 0.2) is 0 Å². The maximum absolute atomic E-state index is 12.4. The molecule has 1 aliphatic heterocycles. The molecule has 0 bridgehead atoms. The van der Waals surface area contributed by atoms with Crippen molar-refractivity contribution in [2.75, 3.05) is 6.61 Å². The number of amidine groups is 1. The third kappa shape index (κ3) is 3.47. The van der Waals surface area contributed by atoms with Gasteiger partial charge < -0.3 is 10.1 Å². The van der Waals surface area contributed by atoms with Crippen LogP contribution in [-0.4, -0.2) is 18.8 Å². The summed E-state index contributed by atoms with van der Waals surface area (Å²) >= 11 is 5.47. The fourth-order valence-corrected chi connectivity index (χ4v) is 1.000. The Hall–Kier alpha value is -1.17. The number of alkyl halides is 3. The van der Waals surface area contributed by atoms with Crippen molar-refractivity contribution in [1.29, 1.82) is 0 Å². The van der Waals surface area contributed by atoms with Crippen molar-refractivity contribution < 1.29 is 17.9 Å². The molecule has 0 radical (unpaired) electrons. The summed E-state index contributed by atoms with van der Waals surface area (Å²) in [6, 6.07) is -0.225. The second-order valence-electron chi connectivity index (χ2n) is 2.56. The maximum atomic E-state index is 12.4. The number of nitrogens with one attached hydrogen (secondary N) is 1. The van der Waals surface area contributed by atoms with Crippen molar-refractivity contribution >= 4 is 17.6 Å². The van der Waals surface area contributed by atoms with Crippen LogP contribution in [0, 0.1) is 0 Å². The lowest BCUT2D eigenvalue weighted by atomic mass is 10.4. The highest BCUT2D eigenvalue weighted by Crippen LogP contribution is 2.26. The Morgan fingerprint density at radius 2 is 2.20 bits per heavy atom. The molecule has 1 rings (SSSR count). The smallest absolute Gasteiger partial charge is 0.431 e. The third-order valence-corrected chi connectivity index (χ3v) is 1.62. The van der Waals surface area contributed by atoms with E-state index in [0.717, 1.165) is 12.3 Å². The van der Waals surface area contributed by atoms with E-state index in [9.17, 15) is 13.2 Å². The summed E-state index contributed by atoms with van der Waals surface area (Å²) in [4.78, 5) is 3.59. The predicted octanol–water partition coefficient (Wildman–Crippen LogP) is 2.51. The average Bonchev–Trinajstić information content (AvgIpc) is 2.28. The Bertz CT molecular complexity index is 333. The Morgan fingerprint density at radius 1 is 1.53 bits per heavy atom. The molecule has 1 heterocycles. The van der Waals surface area contributed by atoms with Crippen molar-refractivity contribution in [2.45, 2.75) is 13.1 Å². The summed E-state index contributed by atoms with van der Waals surface area (Å²) in [5.74, 6) is 0. The van der Waals surface area contributed by atoms with Gasteiger partial charge in [-0.1, -0.05) is 11.6 Å². The quantitative estimate of drug-likeness (QED) is 0.764. The second kappa shape index (κ2) is 4.57. The fourth-order valence-electron chi connectivity index (χ4n) is 0.842. The second-order valence-corrected chi connectivity index (χ2v) is 3.00. The zero-order valence-corrected chi connectivity index (χ0v) is 8.49. The number of allylic oxidation sites excluding steroid dienone is 3. The van der Waals surface area contributed by atoms with Gasteiger partial charge in [-0.25, -0.2) is 4.99 Å². The molecule has 0 unspecified atom stereocenters. The molecule has 84 valence electrons. The number of hydrogen-bond donors (Lipinski definition) is 1. The predicted molar refractivity (Wildman–Crippen MR) is 50.3 cm³/mol. The maximum Gasteiger partial charge on any atom is 0.431 e. The van der Waals surface area contributed by atoms with Crippen LogP contribution in [0.5, 0.6) is 0 Å². The molecule has 3 nitrogen and oxygen atoms in total. The van der Waals surface area contributed by atoms with Gasteiger partial charge in [0.25, 0.3) is 6.02 Å². The monoisotopic (exact) mass is 240 g/mol. The minimum Gasteiger partial charge on any atom is -0.465 e. The van der Waals surface area contributed by atoms with E-state index in [4.69, 9.17) is 16.3 Å². The van der Waals surface area contributed by atoms with Gasteiger partial charge in [-0.2, -0.15) is 13.2 Å². The molecule has 0 aromatic carbocycles. The molecule has 0 saturated carbocycles. The molecule has 0 aromatic heterocycles. The Morgan fingerprint density at radius 3 is 2.73 bits per heavy atom. The number of nitrogens with zero attached hydrogens (tertiary/aromatic N) is 1. The highest BCUT2D eigenvalue weighted by atomic mass is 35.5. The lowest BCUT2D eigenvalue weighted by molar-refractivity contribution is -0.0953. The number of aliphatic imine (C=N–C) groups is 1. The normalized spacial score (nSPS) is 17.0. The van der Waals surface area contributed by atoms with Crippen LogP contribution in [0.2, 0.25) is 0 Å². The van der Waals surface area contributed by atoms with Crippen LogP contribution >= 0.6 is 11.6 Å². The first-order valence-electron chi connectivity index (χ1n) is 4.05. The first kappa shape index (κ1) is 11.9. The SMILES string of the molecule is CCOC1=NC=C(Cl)C=C(C(F)(F)F)N1. The largest absolute Gasteiger partial charge is 0.465 e. The van der Waals surface area contributed by atoms with Crippen molar-refractivity contribution in [1.82, 2.24) is 5.32 Å². The zero-order chi connectivity index (χ0) is 11.5. The lowest BCUT2D eigenvalue weighted by Gasteiger charge is -2.13. The highest BCUT2D eigenvalue weighted by Gasteiger charge is 2.35. The lowest BCUT2D eigenvalue weighted by Crippen LogP contribution is -2.32. The highest BCUT2D eigenvalue weighted by molar-refractivity contribution is 6.31. The average molecular weight is 241 g/mol. The molecule has 1 aliphatic rings. The minimum absolute atomic E-state index is 0.121. The van der Waals surface area contributed by atoms with E-state index in [1.54, 1.807) is 6.92 Å². The van der Waals surface area contributed by atoms with E-state index in [0.29, 0.717) is 0 Å². The van der Waals surface area contributed by atoms with E-state index in [2.05, 4.69) is 4.99 Å². The molecule has 0 aliphatic carbocycles. The molecule has 0 fully saturated rings. The summed E-state index contributed by atoms with van der Waals surface area (Å²) in [7, 11) is 0. The third-order valence-electron chi connectivity index (χ3n) is 1.42. The summed E-state index contributed by atoms with van der Waals surface area (Å²) in [5, 5.41) is 1.89. The van der Waals surface area contributed by atoms with Gasteiger partial charge in [0.1, 0.15) is 5.70 Å². The number of rotatable bonds is 1.